The molecule has 6 nitrogen and oxygen atoms in total. The molecule has 2 rings (SSSR count). The van der Waals surface area contributed by atoms with Gasteiger partial charge in [0.2, 0.25) is 0 Å². The predicted molar refractivity (Wildman–Crippen MR) is 76.9 cm³/mol. The highest BCUT2D eigenvalue weighted by Crippen LogP contribution is 2.22. The van der Waals surface area contributed by atoms with Crippen molar-refractivity contribution in [2.24, 2.45) is 0 Å². The highest BCUT2D eigenvalue weighted by molar-refractivity contribution is 5.64. The van der Waals surface area contributed by atoms with E-state index in [-0.39, 0.29) is 5.41 Å². The second-order valence-electron chi connectivity index (χ2n) is 6.27. The van der Waals surface area contributed by atoms with Crippen LogP contribution in [0.3, 0.4) is 0 Å². The highest BCUT2D eigenvalue weighted by Gasteiger charge is 2.25. The number of carboxylic acid groups (broad SMARTS) is 1. The van der Waals surface area contributed by atoms with E-state index in [4.69, 9.17) is 5.11 Å². The molecule has 112 valence electrons. The van der Waals surface area contributed by atoms with Crippen LogP contribution in [0.1, 0.15) is 32.4 Å². The van der Waals surface area contributed by atoms with Crippen molar-refractivity contribution in [1.29, 1.82) is 0 Å². The lowest BCUT2D eigenvalue weighted by atomic mass is 9.90. The Balaban J connectivity index is 1.98. The molecule has 0 aromatic carbocycles. The Kier molecular flexibility index (Phi) is 4.32. The Morgan fingerprint density at radius 2 is 2.35 bits per heavy atom. The number of likely N-dealkylation sites (tertiary alicyclic amines) is 1. The van der Waals surface area contributed by atoms with Crippen LogP contribution in [0.5, 0.6) is 0 Å². The minimum absolute atomic E-state index is 0.300. The Labute approximate surface area is 119 Å². The van der Waals surface area contributed by atoms with Gasteiger partial charge in [-0.2, -0.15) is 0 Å². The molecule has 2 heterocycles. The van der Waals surface area contributed by atoms with Crippen molar-refractivity contribution in [3.05, 3.63) is 18.2 Å². The molecule has 2 N–H and O–H groups in total. The summed E-state index contributed by atoms with van der Waals surface area (Å²) in [6, 6.07) is 0.581. The number of likely N-dealkylation sites (N-methyl/N-ethyl adjacent to an activating group) is 1. The third kappa shape index (κ3) is 3.50. The van der Waals surface area contributed by atoms with Gasteiger partial charge in [0.05, 0.1) is 12.0 Å². The molecule has 0 saturated carbocycles. The normalized spacial score (nSPS) is 20.2. The second kappa shape index (κ2) is 5.83. The van der Waals surface area contributed by atoms with Crippen molar-refractivity contribution in [3.8, 4) is 0 Å². The first-order chi connectivity index (χ1) is 9.38. The van der Waals surface area contributed by atoms with Gasteiger partial charge in [-0.15, -0.1) is 0 Å². The van der Waals surface area contributed by atoms with Crippen LogP contribution >= 0.6 is 0 Å². The lowest BCUT2D eigenvalue weighted by Crippen LogP contribution is -2.36. The van der Waals surface area contributed by atoms with Crippen LogP contribution in [0.15, 0.2) is 12.5 Å². The molecule has 1 aromatic heterocycles. The maximum absolute atomic E-state index is 10.6. The largest absolute Gasteiger partial charge is 0.465 e. The van der Waals surface area contributed by atoms with E-state index in [0.29, 0.717) is 12.6 Å². The number of nitrogens with one attached hydrogen (secondary N) is 1. The quantitative estimate of drug-likeness (QED) is 0.858. The number of carbonyl (C=O) groups is 1. The SMILES string of the molecule is CN1CCCC1Cn1cnc(C(C)(C)CNC(=O)O)c1. The van der Waals surface area contributed by atoms with Crippen LogP contribution in [-0.4, -0.2) is 51.8 Å². The molecule has 20 heavy (non-hydrogen) atoms. The van der Waals surface area contributed by atoms with Crippen LogP contribution in [0, 0.1) is 0 Å². The van der Waals surface area contributed by atoms with Crippen LogP contribution in [0.4, 0.5) is 4.79 Å². The minimum atomic E-state index is -0.995. The van der Waals surface area contributed by atoms with Crippen molar-refractivity contribution >= 4 is 6.09 Å². The number of imidazole rings is 1. The smallest absolute Gasteiger partial charge is 0.404 e. The fourth-order valence-corrected chi connectivity index (χ4v) is 2.65. The van der Waals surface area contributed by atoms with Gasteiger partial charge in [0.15, 0.2) is 0 Å². The van der Waals surface area contributed by atoms with Crippen molar-refractivity contribution in [2.75, 3.05) is 20.1 Å². The van der Waals surface area contributed by atoms with Gasteiger partial charge in [0.25, 0.3) is 0 Å². The zero-order chi connectivity index (χ0) is 14.8. The van der Waals surface area contributed by atoms with E-state index >= 15 is 0 Å². The summed E-state index contributed by atoms with van der Waals surface area (Å²) in [4.78, 5) is 17.4. The first-order valence-corrected chi connectivity index (χ1v) is 7.08. The molecule has 0 bridgehead atoms. The Hall–Kier alpha value is -1.56. The van der Waals surface area contributed by atoms with Crippen LogP contribution in [0.2, 0.25) is 0 Å². The Morgan fingerprint density at radius 3 is 2.95 bits per heavy atom. The zero-order valence-corrected chi connectivity index (χ0v) is 12.5. The fourth-order valence-electron chi connectivity index (χ4n) is 2.65. The van der Waals surface area contributed by atoms with Crippen molar-refractivity contribution < 1.29 is 9.90 Å². The predicted octanol–water partition coefficient (Wildman–Crippen LogP) is 1.52. The van der Waals surface area contributed by atoms with Gasteiger partial charge in [-0.1, -0.05) is 13.8 Å². The van der Waals surface area contributed by atoms with E-state index < -0.39 is 6.09 Å². The average molecular weight is 280 g/mol. The number of amides is 1. The van der Waals surface area contributed by atoms with Crippen molar-refractivity contribution in [3.63, 3.8) is 0 Å². The maximum atomic E-state index is 10.6. The maximum Gasteiger partial charge on any atom is 0.404 e. The summed E-state index contributed by atoms with van der Waals surface area (Å²) in [5.41, 5.74) is 0.623. The first-order valence-electron chi connectivity index (χ1n) is 7.08. The highest BCUT2D eigenvalue weighted by atomic mass is 16.4. The molecule has 1 fully saturated rings. The second-order valence-corrected chi connectivity index (χ2v) is 6.27. The number of aromatic nitrogens is 2. The monoisotopic (exact) mass is 280 g/mol. The Morgan fingerprint density at radius 1 is 1.60 bits per heavy atom. The third-order valence-corrected chi connectivity index (χ3v) is 4.10. The van der Waals surface area contributed by atoms with E-state index in [0.717, 1.165) is 12.2 Å². The van der Waals surface area contributed by atoms with E-state index in [9.17, 15) is 4.79 Å². The Bertz CT molecular complexity index is 469. The summed E-state index contributed by atoms with van der Waals surface area (Å²) in [7, 11) is 2.16. The standard InChI is InChI=1S/C14H24N4O2/c1-14(2,9-15-13(19)20)12-8-18(10-16-12)7-11-5-4-6-17(11)3/h8,10-11,15H,4-7,9H2,1-3H3,(H,19,20). The molecule has 1 atom stereocenters. The molecule has 1 aliphatic heterocycles. The van der Waals surface area contributed by atoms with Crippen molar-refractivity contribution in [1.82, 2.24) is 19.8 Å². The van der Waals surface area contributed by atoms with E-state index in [1.54, 1.807) is 0 Å². The number of hydrogen-bond donors (Lipinski definition) is 2. The molecule has 0 aliphatic carbocycles. The summed E-state index contributed by atoms with van der Waals surface area (Å²) in [5.74, 6) is 0. The summed E-state index contributed by atoms with van der Waals surface area (Å²) < 4.78 is 2.12. The van der Waals surface area contributed by atoms with Gasteiger partial charge < -0.3 is 19.9 Å². The third-order valence-electron chi connectivity index (χ3n) is 4.10. The summed E-state index contributed by atoms with van der Waals surface area (Å²) >= 11 is 0. The molecular weight excluding hydrogens is 256 g/mol. The molecule has 0 radical (unpaired) electrons. The van der Waals surface area contributed by atoms with Crippen molar-refractivity contribution in [2.45, 2.75) is 44.7 Å². The number of nitrogens with zero attached hydrogens (tertiary/aromatic N) is 3. The fraction of sp³-hybridized carbons (Fsp3) is 0.714. The molecular formula is C14H24N4O2. The number of rotatable bonds is 5. The minimum Gasteiger partial charge on any atom is -0.465 e. The van der Waals surface area contributed by atoms with E-state index in [1.807, 2.05) is 26.4 Å². The van der Waals surface area contributed by atoms with Gasteiger partial charge >= 0.3 is 6.09 Å². The molecule has 1 aliphatic rings. The van der Waals surface area contributed by atoms with Gasteiger partial charge in [-0.05, 0) is 26.4 Å². The summed E-state index contributed by atoms with van der Waals surface area (Å²) in [5, 5.41) is 11.1. The lowest BCUT2D eigenvalue weighted by molar-refractivity contribution is 0.191. The summed E-state index contributed by atoms with van der Waals surface area (Å²) in [6.07, 6.45) is 5.38. The lowest BCUT2D eigenvalue weighted by Gasteiger charge is -2.22. The summed E-state index contributed by atoms with van der Waals surface area (Å²) in [6.45, 7) is 6.48. The first kappa shape index (κ1) is 14.8. The topological polar surface area (TPSA) is 70.4 Å². The van der Waals surface area contributed by atoms with Crippen LogP contribution in [-0.2, 0) is 12.0 Å². The molecule has 1 unspecified atom stereocenters. The van der Waals surface area contributed by atoms with Gasteiger partial charge in [0, 0.05) is 30.7 Å². The molecule has 0 spiro atoms. The molecule has 1 saturated heterocycles. The van der Waals surface area contributed by atoms with Crippen LogP contribution < -0.4 is 5.32 Å². The average Bonchev–Trinajstić information content (AvgIpc) is 2.98. The van der Waals surface area contributed by atoms with E-state index in [1.165, 1.54) is 19.4 Å². The van der Waals surface area contributed by atoms with Gasteiger partial charge in [-0.3, -0.25) is 0 Å². The van der Waals surface area contributed by atoms with Gasteiger partial charge in [0.1, 0.15) is 0 Å². The molecule has 1 aromatic rings. The van der Waals surface area contributed by atoms with E-state index in [2.05, 4.69) is 26.8 Å². The van der Waals surface area contributed by atoms with Crippen LogP contribution in [0.25, 0.3) is 0 Å². The zero-order valence-electron chi connectivity index (χ0n) is 12.5. The molecule has 1 amide bonds. The van der Waals surface area contributed by atoms with Gasteiger partial charge in [-0.25, -0.2) is 9.78 Å². The number of hydrogen-bond acceptors (Lipinski definition) is 3. The molecule has 6 heteroatoms.